The van der Waals surface area contributed by atoms with Crippen molar-refractivity contribution < 1.29 is 35.5 Å². The van der Waals surface area contributed by atoms with Gasteiger partial charge in [0.25, 0.3) is 0 Å². The largest absolute Gasteiger partial charge is 0.573 e. The Hall–Kier alpha value is -3.90. The van der Waals surface area contributed by atoms with Crippen molar-refractivity contribution in [2.75, 3.05) is 5.32 Å². The fourth-order valence-corrected chi connectivity index (χ4v) is 3.04. The number of aromatic nitrogens is 4. The average molecular weight is 471 g/mol. The van der Waals surface area contributed by atoms with E-state index in [-0.39, 0.29) is 17.9 Å². The Morgan fingerprint density at radius 2 is 1.67 bits per heavy atom. The molecule has 0 spiro atoms. The summed E-state index contributed by atoms with van der Waals surface area (Å²) in [7, 11) is 0. The van der Waals surface area contributed by atoms with E-state index in [1.807, 2.05) is 0 Å². The van der Waals surface area contributed by atoms with Crippen molar-refractivity contribution in [2.45, 2.75) is 19.1 Å². The number of hydrogen-bond donors (Lipinski definition) is 1. The highest BCUT2D eigenvalue weighted by molar-refractivity contribution is 5.88. The second-order valence-electron chi connectivity index (χ2n) is 6.77. The number of benzene rings is 2. The van der Waals surface area contributed by atoms with Gasteiger partial charge >= 0.3 is 12.5 Å². The van der Waals surface area contributed by atoms with Gasteiger partial charge < -0.3 is 10.1 Å². The molecule has 6 nitrogen and oxygen atoms in total. The smallest absolute Gasteiger partial charge is 0.406 e. The van der Waals surface area contributed by atoms with Crippen molar-refractivity contribution >= 4 is 22.5 Å². The van der Waals surface area contributed by atoms with Gasteiger partial charge in [0.2, 0.25) is 0 Å². The second kappa shape index (κ2) is 8.22. The standard InChI is InChI=1S/C20H12F7N5O/c21-16-7-11(1-6-15(16)19(22,23)24)9-32-18-14(8-30-32)17(28-10-29-18)31-12-2-4-13(5-3-12)33-20(25,26)27/h1-8,10H,9H2,(H,28,29,31). The normalized spacial score (nSPS) is 12.2. The predicted molar refractivity (Wildman–Crippen MR) is 102 cm³/mol. The van der Waals surface area contributed by atoms with Gasteiger partial charge in [-0.05, 0) is 42.0 Å². The van der Waals surface area contributed by atoms with Crippen LogP contribution in [0.4, 0.5) is 42.2 Å². The minimum Gasteiger partial charge on any atom is -0.406 e. The summed E-state index contributed by atoms with van der Waals surface area (Å²) in [6, 6.07) is 7.53. The van der Waals surface area contributed by atoms with Gasteiger partial charge in [-0.1, -0.05) is 6.07 Å². The molecule has 33 heavy (non-hydrogen) atoms. The van der Waals surface area contributed by atoms with E-state index in [9.17, 15) is 30.7 Å². The third kappa shape index (κ3) is 5.13. The minimum atomic E-state index is -4.81. The molecule has 0 amide bonds. The van der Waals surface area contributed by atoms with E-state index in [4.69, 9.17) is 0 Å². The van der Waals surface area contributed by atoms with Crippen LogP contribution in [0.2, 0.25) is 0 Å². The first-order valence-corrected chi connectivity index (χ1v) is 9.14. The molecule has 13 heteroatoms. The van der Waals surface area contributed by atoms with Crippen LogP contribution in [0.3, 0.4) is 0 Å². The Labute approximate surface area is 180 Å². The van der Waals surface area contributed by atoms with E-state index < -0.39 is 29.7 Å². The summed E-state index contributed by atoms with van der Waals surface area (Å²) in [5.41, 5.74) is -0.414. The number of ether oxygens (including phenoxy) is 1. The van der Waals surface area contributed by atoms with Crippen molar-refractivity contribution in [3.05, 3.63) is 71.9 Å². The van der Waals surface area contributed by atoms with E-state index in [0.29, 0.717) is 22.8 Å². The van der Waals surface area contributed by atoms with Crippen LogP contribution in [-0.4, -0.2) is 26.1 Å². The summed E-state index contributed by atoms with van der Waals surface area (Å²) in [5.74, 6) is -1.50. The lowest BCUT2D eigenvalue weighted by molar-refractivity contribution is -0.274. The maximum absolute atomic E-state index is 13.9. The SMILES string of the molecule is Fc1cc(Cn2ncc3c(Nc4ccc(OC(F)(F)F)cc4)ncnc32)ccc1C(F)(F)F. The van der Waals surface area contributed by atoms with Crippen molar-refractivity contribution in [1.82, 2.24) is 19.7 Å². The third-order valence-corrected chi connectivity index (χ3v) is 4.46. The number of halogens is 7. The maximum atomic E-state index is 13.9. The van der Waals surface area contributed by atoms with Crippen molar-refractivity contribution in [3.8, 4) is 5.75 Å². The molecule has 2 aromatic carbocycles. The van der Waals surface area contributed by atoms with Gasteiger partial charge in [0.05, 0.1) is 23.7 Å². The number of anilines is 2. The molecule has 0 atom stereocenters. The van der Waals surface area contributed by atoms with Gasteiger partial charge in [0.15, 0.2) is 5.65 Å². The molecule has 172 valence electrons. The molecular formula is C20H12F7N5O. The molecule has 0 bridgehead atoms. The van der Waals surface area contributed by atoms with Gasteiger partial charge in [-0.3, -0.25) is 0 Å². The van der Waals surface area contributed by atoms with E-state index in [0.717, 1.165) is 24.3 Å². The molecule has 0 saturated carbocycles. The van der Waals surface area contributed by atoms with Gasteiger partial charge in [0, 0.05) is 5.69 Å². The monoisotopic (exact) mass is 471 g/mol. The van der Waals surface area contributed by atoms with E-state index in [1.165, 1.54) is 29.3 Å². The molecule has 2 heterocycles. The number of alkyl halides is 6. The number of nitrogens with zero attached hydrogens (tertiary/aromatic N) is 4. The molecular weight excluding hydrogens is 459 g/mol. The first-order valence-electron chi connectivity index (χ1n) is 9.14. The van der Waals surface area contributed by atoms with Crippen LogP contribution in [-0.2, 0) is 12.7 Å². The third-order valence-electron chi connectivity index (χ3n) is 4.46. The lowest BCUT2D eigenvalue weighted by Crippen LogP contribution is -2.16. The molecule has 0 saturated heterocycles. The van der Waals surface area contributed by atoms with Crippen LogP contribution in [0.1, 0.15) is 11.1 Å². The summed E-state index contributed by atoms with van der Waals surface area (Å²) in [4.78, 5) is 8.19. The molecule has 0 fully saturated rings. The molecule has 0 radical (unpaired) electrons. The first kappa shape index (κ1) is 22.3. The summed E-state index contributed by atoms with van der Waals surface area (Å²) >= 11 is 0. The highest BCUT2D eigenvalue weighted by atomic mass is 19.4. The number of fused-ring (bicyclic) bond motifs is 1. The van der Waals surface area contributed by atoms with Crippen LogP contribution < -0.4 is 10.1 Å². The second-order valence-corrected chi connectivity index (χ2v) is 6.77. The summed E-state index contributed by atoms with van der Waals surface area (Å²) in [5, 5.41) is 7.48. The number of hydrogen-bond acceptors (Lipinski definition) is 5. The average Bonchev–Trinajstić information content (AvgIpc) is 3.11. The fraction of sp³-hybridized carbons (Fsp3) is 0.150. The van der Waals surface area contributed by atoms with Crippen LogP contribution in [0, 0.1) is 5.82 Å². The highest BCUT2D eigenvalue weighted by Gasteiger charge is 2.34. The van der Waals surface area contributed by atoms with E-state index in [1.54, 1.807) is 0 Å². The minimum absolute atomic E-state index is 0.0571. The molecule has 0 aliphatic heterocycles. The zero-order valence-electron chi connectivity index (χ0n) is 16.2. The summed E-state index contributed by atoms with van der Waals surface area (Å²) in [6.07, 6.45) is -7.00. The van der Waals surface area contributed by atoms with Gasteiger partial charge in [-0.25, -0.2) is 19.0 Å². The van der Waals surface area contributed by atoms with Gasteiger partial charge in [-0.2, -0.15) is 18.3 Å². The quantitative estimate of drug-likeness (QED) is 0.380. The number of nitrogens with one attached hydrogen (secondary N) is 1. The van der Waals surface area contributed by atoms with E-state index in [2.05, 4.69) is 25.1 Å². The van der Waals surface area contributed by atoms with Crippen LogP contribution >= 0.6 is 0 Å². The zero-order chi connectivity index (χ0) is 23.8. The van der Waals surface area contributed by atoms with Crippen molar-refractivity contribution in [3.63, 3.8) is 0 Å². The van der Waals surface area contributed by atoms with Crippen LogP contribution in [0.5, 0.6) is 5.75 Å². The van der Waals surface area contributed by atoms with Crippen molar-refractivity contribution in [2.24, 2.45) is 0 Å². The van der Waals surface area contributed by atoms with Gasteiger partial charge in [0.1, 0.15) is 23.7 Å². The van der Waals surface area contributed by atoms with Crippen LogP contribution in [0.15, 0.2) is 55.0 Å². The van der Waals surface area contributed by atoms with Crippen LogP contribution in [0.25, 0.3) is 11.0 Å². The topological polar surface area (TPSA) is 64.9 Å². The molecule has 4 rings (SSSR count). The Bertz CT molecular complexity index is 1280. The first-order chi connectivity index (χ1) is 15.5. The Balaban J connectivity index is 1.55. The fourth-order valence-electron chi connectivity index (χ4n) is 3.04. The molecule has 4 aromatic rings. The molecule has 0 aliphatic rings. The molecule has 2 aromatic heterocycles. The molecule has 0 unspecified atom stereocenters. The lowest BCUT2D eigenvalue weighted by Gasteiger charge is -2.11. The molecule has 0 aliphatic carbocycles. The highest BCUT2D eigenvalue weighted by Crippen LogP contribution is 2.32. The predicted octanol–water partition coefficient (Wildman–Crippen LogP) is 5.67. The van der Waals surface area contributed by atoms with Gasteiger partial charge in [-0.15, -0.1) is 13.2 Å². The zero-order valence-corrected chi connectivity index (χ0v) is 16.2. The van der Waals surface area contributed by atoms with E-state index >= 15 is 0 Å². The lowest BCUT2D eigenvalue weighted by atomic mass is 10.1. The Kier molecular flexibility index (Phi) is 5.56. The summed E-state index contributed by atoms with van der Waals surface area (Å²) < 4.78 is 94.1. The molecule has 1 N–H and O–H groups in total. The van der Waals surface area contributed by atoms with Crippen molar-refractivity contribution in [1.29, 1.82) is 0 Å². The Morgan fingerprint density at radius 1 is 0.939 bits per heavy atom. The number of rotatable bonds is 5. The summed E-state index contributed by atoms with van der Waals surface area (Å²) in [6.45, 7) is -0.0571. The maximum Gasteiger partial charge on any atom is 0.573 e. The Morgan fingerprint density at radius 3 is 2.30 bits per heavy atom.